The number of hydrogen-bond donors (Lipinski definition) is 2. The first-order valence-corrected chi connectivity index (χ1v) is 8.10. The van der Waals surface area contributed by atoms with Crippen LogP contribution >= 0.6 is 0 Å². The van der Waals surface area contributed by atoms with E-state index < -0.39 is 0 Å². The highest BCUT2D eigenvalue weighted by atomic mass is 16.1. The van der Waals surface area contributed by atoms with E-state index in [1.165, 1.54) is 5.56 Å². The van der Waals surface area contributed by atoms with Crippen LogP contribution < -0.4 is 5.32 Å². The van der Waals surface area contributed by atoms with E-state index in [2.05, 4.69) is 41.5 Å². The van der Waals surface area contributed by atoms with E-state index in [4.69, 9.17) is 0 Å². The summed E-state index contributed by atoms with van der Waals surface area (Å²) in [6, 6.07) is 16.5. The molecule has 2 aromatic carbocycles. The Balaban J connectivity index is 1.66. The summed E-state index contributed by atoms with van der Waals surface area (Å²) in [5.74, 6) is 0.0434. The molecule has 0 saturated carbocycles. The van der Waals surface area contributed by atoms with Crippen molar-refractivity contribution in [1.82, 2.24) is 10.3 Å². The van der Waals surface area contributed by atoms with E-state index in [1.54, 1.807) is 0 Å². The molecule has 0 aliphatic rings. The van der Waals surface area contributed by atoms with Gasteiger partial charge in [0.05, 0.1) is 12.5 Å². The molecule has 0 spiro atoms. The van der Waals surface area contributed by atoms with E-state index in [0.29, 0.717) is 6.42 Å². The van der Waals surface area contributed by atoms with Crippen molar-refractivity contribution in [3.05, 3.63) is 71.4 Å². The van der Waals surface area contributed by atoms with E-state index >= 15 is 0 Å². The number of nitrogens with one attached hydrogen (secondary N) is 2. The molecule has 118 valence electrons. The topological polar surface area (TPSA) is 44.9 Å². The first-order valence-electron chi connectivity index (χ1n) is 8.10. The lowest BCUT2D eigenvalue weighted by molar-refractivity contribution is -0.121. The highest BCUT2D eigenvalue weighted by Crippen LogP contribution is 2.19. The highest BCUT2D eigenvalue weighted by Gasteiger charge is 2.12. The third-order valence-electron chi connectivity index (χ3n) is 4.29. The van der Waals surface area contributed by atoms with Crippen LogP contribution in [0.5, 0.6) is 0 Å². The Hall–Kier alpha value is -2.55. The number of fused-ring (bicyclic) bond motifs is 1. The standard InChI is InChI=1S/C20H22N2O/c1-3-15-8-10-16(11-9-15)14(2)22-20(23)12-17-13-21-19-7-5-4-6-18(17)19/h4-11,13-14,21H,3,12H2,1-2H3,(H,22,23). The normalized spacial score (nSPS) is 12.3. The van der Waals surface area contributed by atoms with Crippen molar-refractivity contribution >= 4 is 16.8 Å². The Morgan fingerprint density at radius 3 is 2.61 bits per heavy atom. The number of rotatable bonds is 5. The molecule has 0 aliphatic heterocycles. The lowest BCUT2D eigenvalue weighted by Crippen LogP contribution is -2.28. The van der Waals surface area contributed by atoms with Crippen LogP contribution in [0.3, 0.4) is 0 Å². The van der Waals surface area contributed by atoms with Crippen LogP contribution in [0.15, 0.2) is 54.7 Å². The zero-order valence-corrected chi connectivity index (χ0v) is 13.6. The summed E-state index contributed by atoms with van der Waals surface area (Å²) in [6.45, 7) is 4.16. The zero-order chi connectivity index (χ0) is 16.2. The third kappa shape index (κ3) is 3.45. The molecular weight excluding hydrogens is 284 g/mol. The number of aromatic nitrogens is 1. The molecule has 2 N–H and O–H groups in total. The van der Waals surface area contributed by atoms with Crippen molar-refractivity contribution in [3.63, 3.8) is 0 Å². The van der Waals surface area contributed by atoms with Crippen molar-refractivity contribution < 1.29 is 4.79 Å². The van der Waals surface area contributed by atoms with Gasteiger partial charge in [0.25, 0.3) is 0 Å². The first kappa shape index (κ1) is 15.3. The average Bonchev–Trinajstić information content (AvgIpc) is 2.98. The molecule has 0 bridgehead atoms. The van der Waals surface area contributed by atoms with Gasteiger partial charge in [0, 0.05) is 17.1 Å². The molecule has 0 saturated heterocycles. The predicted octanol–water partition coefficient (Wildman–Crippen LogP) is 4.15. The second-order valence-electron chi connectivity index (χ2n) is 5.92. The van der Waals surface area contributed by atoms with Gasteiger partial charge >= 0.3 is 0 Å². The van der Waals surface area contributed by atoms with Gasteiger partial charge in [0.2, 0.25) is 5.91 Å². The maximum absolute atomic E-state index is 12.3. The minimum Gasteiger partial charge on any atom is -0.361 e. The van der Waals surface area contributed by atoms with Crippen LogP contribution in [0.2, 0.25) is 0 Å². The fraction of sp³-hybridized carbons (Fsp3) is 0.250. The minimum atomic E-state index is 0.0126. The maximum atomic E-state index is 12.3. The summed E-state index contributed by atoms with van der Waals surface area (Å²) >= 11 is 0. The summed E-state index contributed by atoms with van der Waals surface area (Å²) in [7, 11) is 0. The van der Waals surface area contributed by atoms with Crippen molar-refractivity contribution in [2.24, 2.45) is 0 Å². The van der Waals surface area contributed by atoms with Crippen molar-refractivity contribution in [2.45, 2.75) is 32.7 Å². The summed E-state index contributed by atoms with van der Waals surface area (Å²) in [6.07, 6.45) is 3.34. The lowest BCUT2D eigenvalue weighted by atomic mass is 10.0. The number of carbonyl (C=O) groups excluding carboxylic acids is 1. The van der Waals surface area contributed by atoms with Gasteiger partial charge in [0.1, 0.15) is 0 Å². The Bertz CT molecular complexity index is 802. The van der Waals surface area contributed by atoms with Crippen LogP contribution in [-0.2, 0) is 17.6 Å². The minimum absolute atomic E-state index is 0.0126. The lowest BCUT2D eigenvalue weighted by Gasteiger charge is -2.14. The number of hydrogen-bond acceptors (Lipinski definition) is 1. The maximum Gasteiger partial charge on any atom is 0.224 e. The number of benzene rings is 2. The van der Waals surface area contributed by atoms with Gasteiger partial charge in [0.15, 0.2) is 0 Å². The number of aryl methyl sites for hydroxylation is 1. The number of carbonyl (C=O) groups is 1. The molecular formula is C20H22N2O. The predicted molar refractivity (Wildman–Crippen MR) is 94.4 cm³/mol. The monoisotopic (exact) mass is 306 g/mol. The number of aromatic amines is 1. The Labute approximate surface area is 136 Å². The molecule has 3 rings (SSSR count). The fourth-order valence-electron chi connectivity index (χ4n) is 2.87. The van der Waals surface area contributed by atoms with Gasteiger partial charge < -0.3 is 10.3 Å². The summed E-state index contributed by atoms with van der Waals surface area (Å²) in [5.41, 5.74) is 4.55. The van der Waals surface area contributed by atoms with Crippen molar-refractivity contribution in [3.8, 4) is 0 Å². The number of amides is 1. The molecule has 0 fully saturated rings. The second-order valence-corrected chi connectivity index (χ2v) is 5.92. The Morgan fingerprint density at radius 1 is 1.13 bits per heavy atom. The molecule has 1 heterocycles. The molecule has 1 unspecified atom stereocenters. The first-order chi connectivity index (χ1) is 11.2. The van der Waals surface area contributed by atoms with Crippen molar-refractivity contribution in [2.75, 3.05) is 0 Å². The van der Waals surface area contributed by atoms with Gasteiger partial charge in [-0.15, -0.1) is 0 Å². The molecule has 3 heteroatoms. The fourth-order valence-corrected chi connectivity index (χ4v) is 2.87. The van der Waals surface area contributed by atoms with Gasteiger partial charge in [-0.2, -0.15) is 0 Å². The van der Waals surface area contributed by atoms with E-state index in [-0.39, 0.29) is 11.9 Å². The van der Waals surface area contributed by atoms with Gasteiger partial charge in [-0.3, -0.25) is 4.79 Å². The Morgan fingerprint density at radius 2 is 1.87 bits per heavy atom. The van der Waals surface area contributed by atoms with Crippen LogP contribution in [0, 0.1) is 0 Å². The van der Waals surface area contributed by atoms with Crippen molar-refractivity contribution in [1.29, 1.82) is 0 Å². The molecule has 23 heavy (non-hydrogen) atoms. The van der Waals surface area contributed by atoms with Gasteiger partial charge in [-0.25, -0.2) is 0 Å². The number of para-hydroxylation sites is 1. The summed E-state index contributed by atoms with van der Waals surface area (Å²) in [4.78, 5) is 15.5. The molecule has 0 aliphatic carbocycles. The molecule has 1 aromatic heterocycles. The average molecular weight is 306 g/mol. The third-order valence-corrected chi connectivity index (χ3v) is 4.29. The smallest absolute Gasteiger partial charge is 0.224 e. The highest BCUT2D eigenvalue weighted by molar-refractivity contribution is 5.88. The molecule has 3 nitrogen and oxygen atoms in total. The van der Waals surface area contributed by atoms with Gasteiger partial charge in [-0.1, -0.05) is 49.4 Å². The number of H-pyrrole nitrogens is 1. The quantitative estimate of drug-likeness (QED) is 0.731. The molecule has 1 amide bonds. The summed E-state index contributed by atoms with van der Waals surface area (Å²) in [5, 5.41) is 4.20. The van der Waals surface area contributed by atoms with E-state index in [1.807, 2.05) is 37.4 Å². The van der Waals surface area contributed by atoms with Gasteiger partial charge in [-0.05, 0) is 36.1 Å². The van der Waals surface area contributed by atoms with E-state index in [0.717, 1.165) is 28.5 Å². The van der Waals surface area contributed by atoms with Crippen LogP contribution in [-0.4, -0.2) is 10.9 Å². The molecule has 3 aromatic rings. The van der Waals surface area contributed by atoms with E-state index in [9.17, 15) is 4.79 Å². The second kappa shape index (κ2) is 6.69. The van der Waals surface area contributed by atoms with Crippen LogP contribution in [0.4, 0.5) is 0 Å². The SMILES string of the molecule is CCc1ccc(C(C)NC(=O)Cc2c[nH]c3ccccc23)cc1. The zero-order valence-electron chi connectivity index (χ0n) is 13.6. The molecule has 1 atom stereocenters. The Kier molecular flexibility index (Phi) is 4.47. The largest absolute Gasteiger partial charge is 0.361 e. The molecule has 0 radical (unpaired) electrons. The van der Waals surface area contributed by atoms with Crippen LogP contribution in [0.25, 0.3) is 10.9 Å². The van der Waals surface area contributed by atoms with Crippen LogP contribution in [0.1, 0.15) is 36.6 Å². The summed E-state index contributed by atoms with van der Waals surface area (Å²) < 4.78 is 0.